The molecule has 1 aromatic carbocycles. The Morgan fingerprint density at radius 1 is 1.48 bits per heavy atom. The van der Waals surface area contributed by atoms with Crippen molar-refractivity contribution in [3.8, 4) is 5.75 Å². The molecule has 1 N–H and O–H groups in total. The summed E-state index contributed by atoms with van der Waals surface area (Å²) in [7, 11) is 1.64. The highest BCUT2D eigenvalue weighted by Gasteiger charge is 2.18. The van der Waals surface area contributed by atoms with Crippen molar-refractivity contribution < 1.29 is 22.7 Å². The number of hydrogen-bond acceptors (Lipinski definition) is 3. The molecule has 0 saturated heterocycles. The van der Waals surface area contributed by atoms with Crippen LogP contribution < -0.4 is 10.1 Å². The van der Waals surface area contributed by atoms with E-state index in [1.165, 1.54) is 4.68 Å². The molecule has 2 rings (SSSR count). The molecule has 1 amide bonds. The predicted octanol–water partition coefficient (Wildman–Crippen LogP) is 3.02. The normalized spacial score (nSPS) is 10.8. The number of benzene rings is 1. The molecule has 2 aromatic rings. The first-order chi connectivity index (χ1) is 9.86. The van der Waals surface area contributed by atoms with Crippen molar-refractivity contribution in [3.63, 3.8) is 0 Å². The van der Waals surface area contributed by atoms with Gasteiger partial charge in [-0.05, 0) is 34.7 Å². The molecule has 0 unspecified atom stereocenters. The number of alkyl halides is 2. The lowest BCUT2D eigenvalue weighted by Gasteiger charge is -2.11. The Hall–Kier alpha value is -1.78. The Balaban J connectivity index is 2.26. The lowest BCUT2D eigenvalue weighted by atomic mass is 10.2. The molecule has 112 valence electrons. The van der Waals surface area contributed by atoms with Gasteiger partial charge in [-0.25, -0.2) is 4.39 Å². The molecule has 0 atom stereocenters. The van der Waals surface area contributed by atoms with E-state index < -0.39 is 24.1 Å². The Labute approximate surface area is 131 Å². The van der Waals surface area contributed by atoms with Gasteiger partial charge < -0.3 is 10.1 Å². The predicted molar refractivity (Wildman–Crippen MR) is 76.9 cm³/mol. The molecule has 0 radical (unpaired) electrons. The number of halogens is 4. The molecule has 0 fully saturated rings. The van der Waals surface area contributed by atoms with Crippen molar-refractivity contribution in [3.05, 3.63) is 39.5 Å². The molecule has 0 aliphatic rings. The summed E-state index contributed by atoms with van der Waals surface area (Å²) in [5.41, 5.74) is 0.0635. The second-order valence-corrected chi connectivity index (χ2v) is 5.13. The van der Waals surface area contributed by atoms with Crippen LogP contribution in [0.5, 0.6) is 5.75 Å². The monoisotopic (exact) mass is 411 g/mol. The minimum atomic E-state index is -3.13. The average molecular weight is 411 g/mol. The number of rotatable bonds is 4. The maximum atomic E-state index is 13.1. The van der Waals surface area contributed by atoms with Gasteiger partial charge >= 0.3 is 6.61 Å². The largest absolute Gasteiger partial charge is 0.432 e. The lowest BCUT2D eigenvalue weighted by Crippen LogP contribution is -2.16. The van der Waals surface area contributed by atoms with Crippen molar-refractivity contribution >= 4 is 34.2 Å². The van der Waals surface area contributed by atoms with E-state index in [2.05, 4.69) is 15.2 Å². The van der Waals surface area contributed by atoms with Crippen LogP contribution in [0.3, 0.4) is 0 Å². The standard InChI is InChI=1S/C12H9F3IN3O2/c1-19-5-7(16)10(18-19)11(20)17-8-3-2-6(13)4-9(8)21-12(14)15/h2-5,12H,1H3,(H,17,20). The molecule has 0 spiro atoms. The highest BCUT2D eigenvalue weighted by Crippen LogP contribution is 2.27. The van der Waals surface area contributed by atoms with E-state index in [9.17, 15) is 18.0 Å². The molecule has 21 heavy (non-hydrogen) atoms. The van der Waals surface area contributed by atoms with E-state index in [1.807, 2.05) is 22.6 Å². The Morgan fingerprint density at radius 2 is 2.19 bits per heavy atom. The number of aromatic nitrogens is 2. The van der Waals surface area contributed by atoms with Crippen molar-refractivity contribution in [1.82, 2.24) is 9.78 Å². The highest BCUT2D eigenvalue weighted by atomic mass is 127. The number of nitrogens with zero attached hydrogens (tertiary/aromatic N) is 2. The molecule has 0 bridgehead atoms. The molecular formula is C12H9F3IN3O2. The first-order valence-corrected chi connectivity index (χ1v) is 6.69. The number of aryl methyl sites for hydroxylation is 1. The van der Waals surface area contributed by atoms with Gasteiger partial charge in [-0.1, -0.05) is 0 Å². The summed E-state index contributed by atoms with van der Waals surface area (Å²) in [6.07, 6.45) is 1.62. The van der Waals surface area contributed by atoms with Crippen LogP contribution in [0.15, 0.2) is 24.4 Å². The average Bonchev–Trinajstić information content (AvgIpc) is 2.71. The van der Waals surface area contributed by atoms with Crippen LogP contribution in [0, 0.1) is 9.39 Å². The van der Waals surface area contributed by atoms with Gasteiger partial charge in [0.1, 0.15) is 5.82 Å². The number of carbonyl (C=O) groups is 1. The molecule has 0 saturated carbocycles. The van der Waals surface area contributed by atoms with Gasteiger partial charge in [0.25, 0.3) is 5.91 Å². The number of amides is 1. The summed E-state index contributed by atoms with van der Waals surface area (Å²) >= 11 is 1.92. The van der Waals surface area contributed by atoms with Crippen molar-refractivity contribution in [1.29, 1.82) is 0 Å². The van der Waals surface area contributed by atoms with Crippen molar-refractivity contribution in [2.75, 3.05) is 5.32 Å². The zero-order valence-corrected chi connectivity index (χ0v) is 12.8. The summed E-state index contributed by atoms with van der Waals surface area (Å²) in [4.78, 5) is 12.0. The topological polar surface area (TPSA) is 56.2 Å². The van der Waals surface area contributed by atoms with Crippen LogP contribution in [0.4, 0.5) is 18.9 Å². The fourth-order valence-electron chi connectivity index (χ4n) is 1.59. The van der Waals surface area contributed by atoms with E-state index in [-0.39, 0.29) is 11.4 Å². The first-order valence-electron chi connectivity index (χ1n) is 5.61. The van der Waals surface area contributed by atoms with E-state index >= 15 is 0 Å². The minimum absolute atomic E-state index is 0.0665. The summed E-state index contributed by atoms with van der Waals surface area (Å²) in [6.45, 7) is -3.13. The van der Waals surface area contributed by atoms with Gasteiger partial charge in [0.15, 0.2) is 11.4 Å². The van der Waals surface area contributed by atoms with E-state index in [4.69, 9.17) is 0 Å². The molecule has 9 heteroatoms. The number of carbonyl (C=O) groups excluding carboxylic acids is 1. The van der Waals surface area contributed by atoms with Gasteiger partial charge in [0.05, 0.1) is 9.26 Å². The van der Waals surface area contributed by atoms with Gasteiger partial charge in [0.2, 0.25) is 0 Å². The van der Waals surface area contributed by atoms with Gasteiger partial charge in [0, 0.05) is 19.3 Å². The fourth-order valence-corrected chi connectivity index (χ4v) is 2.34. The molecule has 1 aromatic heterocycles. The highest BCUT2D eigenvalue weighted by molar-refractivity contribution is 14.1. The molecule has 0 aliphatic heterocycles. The maximum absolute atomic E-state index is 13.1. The first kappa shape index (κ1) is 15.6. The quantitative estimate of drug-likeness (QED) is 0.788. The van der Waals surface area contributed by atoms with Gasteiger partial charge in [-0.15, -0.1) is 0 Å². The lowest BCUT2D eigenvalue weighted by molar-refractivity contribution is -0.0495. The number of hydrogen-bond donors (Lipinski definition) is 1. The minimum Gasteiger partial charge on any atom is -0.432 e. The third-order valence-electron chi connectivity index (χ3n) is 2.41. The van der Waals surface area contributed by atoms with Crippen molar-refractivity contribution in [2.24, 2.45) is 7.05 Å². The van der Waals surface area contributed by atoms with Gasteiger partial charge in [-0.3, -0.25) is 9.48 Å². The number of nitrogens with one attached hydrogen (secondary N) is 1. The summed E-state index contributed by atoms with van der Waals surface area (Å²) < 4.78 is 43.9. The third kappa shape index (κ3) is 3.86. The SMILES string of the molecule is Cn1cc(I)c(C(=O)Nc2ccc(F)cc2OC(F)F)n1. The molecule has 5 nitrogen and oxygen atoms in total. The van der Waals surface area contributed by atoms with Crippen LogP contribution in [-0.2, 0) is 7.05 Å². The van der Waals surface area contributed by atoms with E-state index in [1.54, 1.807) is 13.2 Å². The van der Waals surface area contributed by atoms with Crippen LogP contribution in [0.1, 0.15) is 10.5 Å². The summed E-state index contributed by atoms with van der Waals surface area (Å²) in [5.74, 6) is -1.81. The second kappa shape index (κ2) is 6.33. The smallest absolute Gasteiger partial charge is 0.387 e. The second-order valence-electron chi connectivity index (χ2n) is 3.97. The molecular weight excluding hydrogens is 402 g/mol. The fraction of sp³-hybridized carbons (Fsp3) is 0.167. The van der Waals surface area contributed by atoms with Crippen LogP contribution in [0.25, 0.3) is 0 Å². The zero-order chi connectivity index (χ0) is 15.6. The Kier molecular flexibility index (Phi) is 4.70. The van der Waals surface area contributed by atoms with Crippen LogP contribution in [-0.4, -0.2) is 22.3 Å². The summed E-state index contributed by atoms with van der Waals surface area (Å²) in [5, 5.41) is 6.32. The Bertz CT molecular complexity index is 676. The maximum Gasteiger partial charge on any atom is 0.387 e. The van der Waals surface area contributed by atoms with Gasteiger partial charge in [-0.2, -0.15) is 13.9 Å². The van der Waals surface area contributed by atoms with Crippen LogP contribution in [0.2, 0.25) is 0 Å². The van der Waals surface area contributed by atoms with E-state index in [0.29, 0.717) is 3.57 Å². The molecule has 1 heterocycles. The third-order valence-corrected chi connectivity index (χ3v) is 3.20. The summed E-state index contributed by atoms with van der Waals surface area (Å²) in [6, 6.07) is 2.93. The number of anilines is 1. The van der Waals surface area contributed by atoms with Crippen LogP contribution >= 0.6 is 22.6 Å². The molecule has 0 aliphatic carbocycles. The zero-order valence-electron chi connectivity index (χ0n) is 10.6. The number of ether oxygens (including phenoxy) is 1. The Morgan fingerprint density at radius 3 is 2.76 bits per heavy atom. The van der Waals surface area contributed by atoms with E-state index in [0.717, 1.165) is 18.2 Å². The van der Waals surface area contributed by atoms with Crippen molar-refractivity contribution in [2.45, 2.75) is 6.61 Å².